The summed E-state index contributed by atoms with van der Waals surface area (Å²) in [5, 5.41) is 11.7. The molecule has 0 heterocycles. The van der Waals surface area contributed by atoms with Crippen molar-refractivity contribution >= 4 is 29.2 Å². The molecule has 0 aliphatic heterocycles. The van der Waals surface area contributed by atoms with E-state index >= 15 is 0 Å². The van der Waals surface area contributed by atoms with Crippen LogP contribution >= 0.6 is 23.2 Å². The Balaban J connectivity index is 2.12. The van der Waals surface area contributed by atoms with E-state index in [0.717, 1.165) is 0 Å². The maximum atomic E-state index is 12.6. The fourth-order valence-corrected chi connectivity index (χ4v) is 4.29. The van der Waals surface area contributed by atoms with Gasteiger partial charge >= 0.3 is 5.97 Å². The number of esters is 1. The molecule has 0 spiro atoms. The first-order valence-corrected chi connectivity index (χ1v) is 9.13. The zero-order chi connectivity index (χ0) is 19.0. The van der Waals surface area contributed by atoms with Gasteiger partial charge in [-0.3, -0.25) is 4.79 Å². The van der Waals surface area contributed by atoms with E-state index in [9.17, 15) is 9.90 Å². The van der Waals surface area contributed by atoms with Crippen LogP contribution in [0.25, 0.3) is 0 Å². The average Bonchev–Trinajstić information content (AvgIpc) is 2.51. The number of rotatable bonds is 3. The molecule has 1 aliphatic carbocycles. The molecular weight excluding hydrogens is 359 g/mol. The predicted octanol–water partition coefficient (Wildman–Crippen LogP) is 4.83. The number of aliphatic hydroxyl groups is 1. The molecule has 1 fully saturated rings. The Labute approximate surface area is 159 Å². The van der Waals surface area contributed by atoms with Crippen molar-refractivity contribution in [1.82, 2.24) is 0 Å². The first kappa shape index (κ1) is 20.1. The lowest BCUT2D eigenvalue weighted by atomic mass is 9.60. The highest BCUT2D eigenvalue weighted by atomic mass is 35.5. The second-order valence-corrected chi connectivity index (χ2v) is 8.43. The van der Waals surface area contributed by atoms with Crippen molar-refractivity contribution < 1.29 is 14.6 Å². The Bertz CT molecular complexity index is 707. The predicted molar refractivity (Wildman–Crippen MR) is 101 cm³/mol. The Morgan fingerprint density at radius 3 is 2.60 bits per heavy atom. The summed E-state index contributed by atoms with van der Waals surface area (Å²) < 4.78 is 5.73. The highest BCUT2D eigenvalue weighted by molar-refractivity contribution is 6.35. The molecular formula is C20H24Cl2O3. The first-order valence-electron chi connectivity index (χ1n) is 8.37. The van der Waals surface area contributed by atoms with E-state index in [2.05, 4.69) is 5.92 Å². The molecule has 136 valence electrons. The maximum absolute atomic E-state index is 12.6. The molecule has 2 rings (SSSR count). The van der Waals surface area contributed by atoms with E-state index in [4.69, 9.17) is 34.4 Å². The number of hydrogen-bond acceptors (Lipinski definition) is 3. The molecule has 4 atom stereocenters. The van der Waals surface area contributed by atoms with Crippen LogP contribution in [0.5, 0.6) is 0 Å². The summed E-state index contributed by atoms with van der Waals surface area (Å²) in [5.74, 6) is 1.52. The molecule has 4 unspecified atom stereocenters. The van der Waals surface area contributed by atoms with Gasteiger partial charge in [0, 0.05) is 21.4 Å². The Hall–Kier alpha value is -1.21. The number of terminal acetylenes is 1. The van der Waals surface area contributed by atoms with Gasteiger partial charge in [-0.15, -0.1) is 6.42 Å². The highest BCUT2D eigenvalue weighted by Gasteiger charge is 2.52. The van der Waals surface area contributed by atoms with Crippen LogP contribution in [0.4, 0.5) is 0 Å². The lowest BCUT2D eigenvalue weighted by Crippen LogP contribution is -2.55. The lowest BCUT2D eigenvalue weighted by Gasteiger charge is -2.49. The van der Waals surface area contributed by atoms with Crippen molar-refractivity contribution in [1.29, 1.82) is 0 Å². The monoisotopic (exact) mass is 382 g/mol. The second kappa shape index (κ2) is 7.19. The largest absolute Gasteiger partial charge is 0.462 e. The van der Waals surface area contributed by atoms with Gasteiger partial charge < -0.3 is 9.84 Å². The normalized spacial score (nSPS) is 29.5. The molecule has 1 aliphatic rings. The SMILES string of the molecule is C#CC1(O)C(C)CC(OC(=O)C(C)c2ccc(Cl)cc2Cl)CC1(C)C. The van der Waals surface area contributed by atoms with Crippen LogP contribution in [0.1, 0.15) is 52.0 Å². The van der Waals surface area contributed by atoms with Crippen LogP contribution in [0.15, 0.2) is 18.2 Å². The van der Waals surface area contributed by atoms with Crippen molar-refractivity contribution in [3.05, 3.63) is 33.8 Å². The molecule has 1 aromatic carbocycles. The van der Waals surface area contributed by atoms with E-state index in [-0.39, 0.29) is 18.0 Å². The van der Waals surface area contributed by atoms with Crippen molar-refractivity contribution in [2.24, 2.45) is 11.3 Å². The lowest BCUT2D eigenvalue weighted by molar-refractivity contribution is -0.167. The third kappa shape index (κ3) is 3.82. The molecule has 1 saturated carbocycles. The van der Waals surface area contributed by atoms with Crippen LogP contribution in [-0.4, -0.2) is 22.8 Å². The number of halogens is 2. The molecule has 25 heavy (non-hydrogen) atoms. The number of carbonyl (C=O) groups excluding carboxylic acids is 1. The molecule has 0 aromatic heterocycles. The van der Waals surface area contributed by atoms with Crippen LogP contribution in [0, 0.1) is 23.7 Å². The van der Waals surface area contributed by atoms with Gasteiger partial charge in [-0.25, -0.2) is 0 Å². The van der Waals surface area contributed by atoms with Crippen molar-refractivity contribution in [3.63, 3.8) is 0 Å². The zero-order valence-electron chi connectivity index (χ0n) is 15.0. The summed E-state index contributed by atoms with van der Waals surface area (Å²) in [4.78, 5) is 12.6. The van der Waals surface area contributed by atoms with Gasteiger partial charge in [0.15, 0.2) is 0 Å². The molecule has 0 bridgehead atoms. The molecule has 3 nitrogen and oxygen atoms in total. The average molecular weight is 383 g/mol. The Morgan fingerprint density at radius 1 is 1.44 bits per heavy atom. The van der Waals surface area contributed by atoms with Crippen LogP contribution in [0.2, 0.25) is 10.0 Å². The van der Waals surface area contributed by atoms with Crippen molar-refractivity contribution in [2.75, 3.05) is 0 Å². The van der Waals surface area contributed by atoms with E-state index in [0.29, 0.717) is 28.5 Å². The van der Waals surface area contributed by atoms with Gasteiger partial charge in [0.2, 0.25) is 0 Å². The summed E-state index contributed by atoms with van der Waals surface area (Å²) in [6, 6.07) is 5.05. The summed E-state index contributed by atoms with van der Waals surface area (Å²) in [6.07, 6.45) is 6.31. The Kier molecular flexibility index (Phi) is 5.78. The highest BCUT2D eigenvalue weighted by Crippen LogP contribution is 2.47. The van der Waals surface area contributed by atoms with E-state index < -0.39 is 16.9 Å². The van der Waals surface area contributed by atoms with Crippen molar-refractivity contribution in [3.8, 4) is 12.3 Å². The molecule has 5 heteroatoms. The minimum Gasteiger partial charge on any atom is -0.462 e. The molecule has 0 saturated heterocycles. The number of benzene rings is 1. The number of hydrogen-bond donors (Lipinski definition) is 1. The van der Waals surface area contributed by atoms with E-state index in [1.807, 2.05) is 20.8 Å². The standard InChI is InChI=1S/C20H24Cl2O3/c1-6-20(24)12(2)9-15(11-19(20,4)5)25-18(23)13(3)16-8-7-14(21)10-17(16)22/h1,7-8,10,12-13,15,24H,9,11H2,2-5H3. The van der Waals surface area contributed by atoms with Gasteiger partial charge in [0.25, 0.3) is 0 Å². The van der Waals surface area contributed by atoms with E-state index in [1.165, 1.54) is 0 Å². The van der Waals surface area contributed by atoms with Gasteiger partial charge in [-0.05, 0) is 37.5 Å². The maximum Gasteiger partial charge on any atom is 0.313 e. The van der Waals surface area contributed by atoms with Gasteiger partial charge in [-0.2, -0.15) is 0 Å². The quantitative estimate of drug-likeness (QED) is 0.601. The fourth-order valence-electron chi connectivity index (χ4n) is 3.71. The summed E-state index contributed by atoms with van der Waals surface area (Å²) in [6.45, 7) is 7.46. The second-order valence-electron chi connectivity index (χ2n) is 7.58. The van der Waals surface area contributed by atoms with Crippen LogP contribution in [-0.2, 0) is 9.53 Å². The molecule has 1 N–H and O–H groups in total. The van der Waals surface area contributed by atoms with Crippen LogP contribution < -0.4 is 0 Å². The van der Waals surface area contributed by atoms with Gasteiger partial charge in [0.05, 0.1) is 5.92 Å². The molecule has 0 amide bonds. The van der Waals surface area contributed by atoms with Gasteiger partial charge in [0.1, 0.15) is 11.7 Å². The molecule has 0 radical (unpaired) electrons. The summed E-state index contributed by atoms with van der Waals surface area (Å²) in [7, 11) is 0. The summed E-state index contributed by atoms with van der Waals surface area (Å²) >= 11 is 12.1. The number of carbonyl (C=O) groups is 1. The number of ether oxygens (including phenoxy) is 1. The third-order valence-corrected chi connectivity index (χ3v) is 5.95. The Morgan fingerprint density at radius 2 is 2.08 bits per heavy atom. The minimum absolute atomic E-state index is 0.173. The third-order valence-electron chi connectivity index (χ3n) is 5.38. The molecule has 1 aromatic rings. The minimum atomic E-state index is -1.21. The van der Waals surface area contributed by atoms with Crippen molar-refractivity contribution in [2.45, 2.75) is 58.2 Å². The zero-order valence-corrected chi connectivity index (χ0v) is 16.5. The van der Waals surface area contributed by atoms with E-state index in [1.54, 1.807) is 25.1 Å². The smallest absolute Gasteiger partial charge is 0.313 e. The topological polar surface area (TPSA) is 46.5 Å². The van der Waals surface area contributed by atoms with Crippen LogP contribution in [0.3, 0.4) is 0 Å². The van der Waals surface area contributed by atoms with Gasteiger partial charge in [-0.1, -0.05) is 56.0 Å². The summed E-state index contributed by atoms with van der Waals surface area (Å²) in [5.41, 5.74) is -1.08. The first-order chi connectivity index (χ1) is 11.5. The fraction of sp³-hybridized carbons (Fsp3) is 0.550.